The van der Waals surface area contributed by atoms with Crippen LogP contribution in [0.2, 0.25) is 0 Å². The van der Waals surface area contributed by atoms with Gasteiger partial charge in [-0.3, -0.25) is 4.90 Å². The summed E-state index contributed by atoms with van der Waals surface area (Å²) in [4.78, 5) is 17.7. The Balaban J connectivity index is 1.55. The van der Waals surface area contributed by atoms with Gasteiger partial charge in [0.2, 0.25) is 0 Å². The van der Waals surface area contributed by atoms with Gasteiger partial charge in [0.1, 0.15) is 0 Å². The fraction of sp³-hybridized carbons (Fsp3) is 0.667. The Morgan fingerprint density at radius 3 is 2.57 bits per heavy atom. The second-order valence-electron chi connectivity index (χ2n) is 8.12. The van der Waals surface area contributed by atoms with E-state index in [0.29, 0.717) is 32.7 Å². The van der Waals surface area contributed by atoms with Crippen molar-refractivity contribution in [1.82, 2.24) is 9.80 Å². The average molecular weight is 429 g/mol. The summed E-state index contributed by atoms with van der Waals surface area (Å²) in [5, 5.41) is 9.63. The summed E-state index contributed by atoms with van der Waals surface area (Å²) in [5.41, 5.74) is 3.46. The van der Waals surface area contributed by atoms with Gasteiger partial charge >= 0.3 is 12.3 Å². The van der Waals surface area contributed by atoms with Crippen LogP contribution in [0.4, 0.5) is 23.7 Å². The van der Waals surface area contributed by atoms with Gasteiger partial charge in [0.15, 0.2) is 6.10 Å². The normalized spacial score (nSPS) is 21.7. The monoisotopic (exact) mass is 429 g/mol. The molecule has 9 heteroatoms. The van der Waals surface area contributed by atoms with Crippen LogP contribution in [0.15, 0.2) is 18.2 Å². The Hall–Kier alpha value is -2.00. The molecule has 6 nitrogen and oxygen atoms in total. The van der Waals surface area contributed by atoms with Crippen molar-refractivity contribution >= 4 is 11.8 Å². The molecule has 30 heavy (non-hydrogen) atoms. The van der Waals surface area contributed by atoms with E-state index in [1.165, 1.54) is 10.5 Å². The minimum absolute atomic E-state index is 0.148. The number of aliphatic hydroxyl groups excluding tert-OH is 1. The molecule has 2 atom stereocenters. The average Bonchev–Trinajstić information content (AvgIpc) is 3.17. The van der Waals surface area contributed by atoms with Crippen molar-refractivity contribution in [3.05, 3.63) is 29.3 Å². The molecule has 2 aliphatic heterocycles. The number of halogens is 3. The first-order chi connectivity index (χ1) is 14.2. The third kappa shape index (κ3) is 5.37. The predicted molar refractivity (Wildman–Crippen MR) is 107 cm³/mol. The van der Waals surface area contributed by atoms with Crippen LogP contribution in [-0.4, -0.2) is 78.7 Å². The van der Waals surface area contributed by atoms with Gasteiger partial charge in [0, 0.05) is 45.0 Å². The highest BCUT2D eigenvalue weighted by Gasteiger charge is 2.40. The molecular weight excluding hydrogens is 399 g/mol. The van der Waals surface area contributed by atoms with Gasteiger partial charge in [-0.1, -0.05) is 12.1 Å². The van der Waals surface area contributed by atoms with Gasteiger partial charge in [-0.15, -0.1) is 0 Å². The maximum atomic E-state index is 12.6. The van der Waals surface area contributed by atoms with Gasteiger partial charge in [-0.25, -0.2) is 4.79 Å². The molecule has 2 fully saturated rings. The number of ether oxygens (including phenoxy) is 1. The number of rotatable bonds is 5. The van der Waals surface area contributed by atoms with E-state index >= 15 is 0 Å². The smallest absolute Gasteiger partial charge is 0.425 e. The van der Waals surface area contributed by atoms with E-state index < -0.39 is 18.4 Å². The lowest BCUT2D eigenvalue weighted by molar-refractivity contribution is -0.200. The van der Waals surface area contributed by atoms with E-state index in [1.807, 2.05) is 0 Å². The molecule has 2 saturated heterocycles. The van der Waals surface area contributed by atoms with Crippen LogP contribution in [-0.2, 0) is 11.3 Å². The molecule has 1 aromatic rings. The molecule has 168 valence electrons. The van der Waals surface area contributed by atoms with Gasteiger partial charge in [0.05, 0.1) is 12.6 Å². The number of benzene rings is 1. The molecule has 2 aliphatic rings. The molecule has 0 spiro atoms. The summed E-state index contributed by atoms with van der Waals surface area (Å²) >= 11 is 0. The fourth-order valence-electron chi connectivity index (χ4n) is 4.04. The number of aliphatic hydroxyl groups is 1. The van der Waals surface area contributed by atoms with Crippen LogP contribution >= 0.6 is 0 Å². The zero-order valence-electron chi connectivity index (χ0n) is 17.5. The number of carbonyl (C=O) groups excluding carboxylic acids is 1. The van der Waals surface area contributed by atoms with Crippen molar-refractivity contribution in [2.75, 3.05) is 44.2 Å². The first-order valence-electron chi connectivity index (χ1n) is 10.4. The van der Waals surface area contributed by atoms with Crippen LogP contribution in [0.1, 0.15) is 30.9 Å². The predicted octanol–water partition coefficient (Wildman–Crippen LogP) is 3.16. The maximum Gasteiger partial charge on any atom is 0.425 e. The molecular formula is C21H30F3N3O3. The number of alkyl halides is 3. The number of amides is 1. The zero-order chi connectivity index (χ0) is 21.9. The van der Waals surface area contributed by atoms with Crippen LogP contribution < -0.4 is 4.90 Å². The number of hydrogen-bond donors (Lipinski definition) is 1. The Bertz CT molecular complexity index is 736. The Labute approximate surface area is 175 Å². The number of carbonyl (C=O) groups is 1. The summed E-state index contributed by atoms with van der Waals surface area (Å²) < 4.78 is 42.3. The fourth-order valence-corrected chi connectivity index (χ4v) is 4.04. The van der Waals surface area contributed by atoms with Crippen LogP contribution in [0.5, 0.6) is 0 Å². The van der Waals surface area contributed by atoms with Gasteiger partial charge in [0.25, 0.3) is 0 Å². The molecule has 0 aromatic heterocycles. The second-order valence-corrected chi connectivity index (χ2v) is 8.12. The Morgan fingerprint density at radius 2 is 1.93 bits per heavy atom. The first-order valence-corrected chi connectivity index (χ1v) is 10.4. The van der Waals surface area contributed by atoms with Gasteiger partial charge in [-0.05, 0) is 43.9 Å². The molecule has 1 amide bonds. The molecule has 0 radical (unpaired) electrons. The van der Waals surface area contributed by atoms with Crippen molar-refractivity contribution in [1.29, 1.82) is 0 Å². The van der Waals surface area contributed by atoms with Crippen LogP contribution in [0.25, 0.3) is 0 Å². The number of nitrogens with zero attached hydrogens (tertiary/aromatic N) is 3. The number of hydrogen-bond acceptors (Lipinski definition) is 5. The third-order valence-electron chi connectivity index (χ3n) is 5.95. The minimum Gasteiger partial charge on any atom is -0.437 e. The highest BCUT2D eigenvalue weighted by Crippen LogP contribution is 2.30. The number of piperazine rings is 1. The summed E-state index contributed by atoms with van der Waals surface area (Å²) in [6, 6.07) is 6.49. The lowest BCUT2D eigenvalue weighted by atomic mass is 10.1. The third-order valence-corrected chi connectivity index (χ3v) is 5.95. The summed E-state index contributed by atoms with van der Waals surface area (Å²) in [6.45, 7) is 6.50. The maximum absolute atomic E-state index is 12.6. The topological polar surface area (TPSA) is 56.2 Å². The van der Waals surface area contributed by atoms with E-state index in [9.17, 15) is 23.1 Å². The Morgan fingerprint density at radius 1 is 1.23 bits per heavy atom. The summed E-state index contributed by atoms with van der Waals surface area (Å²) in [7, 11) is 0. The van der Waals surface area contributed by atoms with E-state index in [2.05, 4.69) is 39.7 Å². The van der Waals surface area contributed by atoms with Crippen molar-refractivity contribution in [3.63, 3.8) is 0 Å². The molecule has 0 aliphatic carbocycles. The zero-order valence-corrected chi connectivity index (χ0v) is 17.5. The van der Waals surface area contributed by atoms with Crippen LogP contribution in [0, 0.1) is 6.92 Å². The van der Waals surface area contributed by atoms with Crippen molar-refractivity contribution in [3.8, 4) is 0 Å². The lowest BCUT2D eigenvalue weighted by Crippen LogP contribution is -2.49. The molecule has 1 N–H and O–H groups in total. The van der Waals surface area contributed by atoms with E-state index in [0.717, 1.165) is 37.6 Å². The van der Waals surface area contributed by atoms with Gasteiger partial charge < -0.3 is 19.6 Å². The largest absolute Gasteiger partial charge is 0.437 e. The Kier molecular flexibility index (Phi) is 7.13. The van der Waals surface area contributed by atoms with E-state index in [1.54, 1.807) is 0 Å². The molecule has 0 bridgehead atoms. The van der Waals surface area contributed by atoms with Crippen molar-refractivity contribution < 1.29 is 27.8 Å². The highest BCUT2D eigenvalue weighted by molar-refractivity contribution is 5.68. The quantitative estimate of drug-likeness (QED) is 0.779. The number of aryl methyl sites for hydroxylation is 1. The van der Waals surface area contributed by atoms with Crippen molar-refractivity contribution in [2.24, 2.45) is 0 Å². The van der Waals surface area contributed by atoms with Gasteiger partial charge in [-0.2, -0.15) is 13.2 Å². The second kappa shape index (κ2) is 9.43. The summed E-state index contributed by atoms with van der Waals surface area (Å²) in [6.07, 6.45) is -5.51. The van der Waals surface area contributed by atoms with Crippen molar-refractivity contribution in [2.45, 2.75) is 51.6 Å². The standard InChI is InChI=1S/C21H30F3N3O3/c1-15-5-6-17(12-19(15)27-7-3-4-18(27)14-28)13-25-8-10-26(11-9-25)20(29)30-16(2)21(22,23)24/h5-6,12,16,18,28H,3-4,7-11,13-14H2,1-2H3. The lowest BCUT2D eigenvalue weighted by Gasteiger charge is -2.35. The molecule has 2 unspecified atom stereocenters. The summed E-state index contributed by atoms with van der Waals surface area (Å²) in [5.74, 6) is 0. The van der Waals surface area contributed by atoms with E-state index in [4.69, 9.17) is 0 Å². The molecule has 2 heterocycles. The molecule has 3 rings (SSSR count). The molecule has 0 saturated carbocycles. The SMILES string of the molecule is Cc1ccc(CN2CCN(C(=O)OC(C)C(F)(F)F)CC2)cc1N1CCCC1CO. The minimum atomic E-state index is -4.55. The number of anilines is 1. The van der Waals surface area contributed by atoms with Crippen LogP contribution in [0.3, 0.4) is 0 Å². The first kappa shape index (κ1) is 22.7. The van der Waals surface area contributed by atoms with E-state index in [-0.39, 0.29) is 12.6 Å². The highest BCUT2D eigenvalue weighted by atomic mass is 19.4. The molecule has 1 aromatic carbocycles.